The summed E-state index contributed by atoms with van der Waals surface area (Å²) >= 11 is 0. The van der Waals surface area contributed by atoms with Gasteiger partial charge in [-0.05, 0) is 25.1 Å². The number of nitrogens with one attached hydrogen (secondary N) is 1. The number of benzene rings is 1. The Hall–Kier alpha value is -2.14. The molecule has 0 aliphatic heterocycles. The highest BCUT2D eigenvalue weighted by Crippen LogP contribution is 2.19. The molecule has 2 rings (SSSR count). The average Bonchev–Trinajstić information content (AvgIpc) is 2.90. The number of rotatable bonds is 7. The Morgan fingerprint density at radius 3 is 2.80 bits per heavy atom. The third-order valence-electron chi connectivity index (χ3n) is 3.29. The summed E-state index contributed by atoms with van der Waals surface area (Å²) in [6.07, 6.45) is 2.67. The molecule has 0 saturated heterocycles. The van der Waals surface area contributed by atoms with E-state index in [1.165, 1.54) is 5.69 Å². The number of aromatic nitrogens is 1. The first-order valence-electron chi connectivity index (χ1n) is 6.79. The molecule has 0 aliphatic rings. The van der Waals surface area contributed by atoms with Crippen LogP contribution in [0.3, 0.4) is 0 Å². The van der Waals surface area contributed by atoms with E-state index in [4.69, 9.17) is 0 Å². The van der Waals surface area contributed by atoms with Crippen LogP contribution < -0.4 is 5.32 Å². The Kier molecular flexibility index (Phi) is 4.90. The van der Waals surface area contributed by atoms with Gasteiger partial charge in [-0.2, -0.15) is 0 Å². The van der Waals surface area contributed by atoms with Crippen LogP contribution in [0.1, 0.15) is 18.2 Å². The van der Waals surface area contributed by atoms with Crippen molar-refractivity contribution in [3.05, 3.63) is 64.0 Å². The minimum atomic E-state index is -0.315. The van der Waals surface area contributed by atoms with Crippen LogP contribution in [0.25, 0.3) is 0 Å². The van der Waals surface area contributed by atoms with Crippen LogP contribution in [0, 0.1) is 10.1 Å². The van der Waals surface area contributed by atoms with Gasteiger partial charge in [0.2, 0.25) is 0 Å². The largest absolute Gasteiger partial charge is 0.350 e. The molecular formula is C15H19N3O2. The van der Waals surface area contributed by atoms with Gasteiger partial charge in [0.05, 0.1) is 4.92 Å². The Labute approximate surface area is 118 Å². The van der Waals surface area contributed by atoms with Gasteiger partial charge in [-0.3, -0.25) is 10.1 Å². The standard InChI is InChI=1S/C15H19N3O2/c1-2-16-12-14-7-5-10-17(14)11-9-13-6-3-4-8-15(13)18(19)20/h3-8,10,16H,2,9,11-12H2,1H3. The van der Waals surface area contributed by atoms with Crippen LogP contribution in [0.15, 0.2) is 42.6 Å². The summed E-state index contributed by atoms with van der Waals surface area (Å²) in [6.45, 7) is 4.56. The fraction of sp³-hybridized carbons (Fsp3) is 0.333. The van der Waals surface area contributed by atoms with Gasteiger partial charge < -0.3 is 9.88 Å². The summed E-state index contributed by atoms with van der Waals surface area (Å²) < 4.78 is 2.14. The van der Waals surface area contributed by atoms with Crippen LogP contribution in [-0.4, -0.2) is 16.0 Å². The van der Waals surface area contributed by atoms with Crippen molar-refractivity contribution < 1.29 is 4.92 Å². The number of para-hydroxylation sites is 1. The monoisotopic (exact) mass is 273 g/mol. The molecule has 1 N–H and O–H groups in total. The summed E-state index contributed by atoms with van der Waals surface area (Å²) in [6, 6.07) is 11.0. The first-order chi connectivity index (χ1) is 9.72. The molecule has 0 atom stereocenters. The maximum absolute atomic E-state index is 11.0. The predicted molar refractivity (Wildman–Crippen MR) is 78.6 cm³/mol. The maximum atomic E-state index is 11.0. The van der Waals surface area contributed by atoms with Crippen molar-refractivity contribution in [2.24, 2.45) is 0 Å². The van der Waals surface area contributed by atoms with Crippen molar-refractivity contribution in [2.75, 3.05) is 6.54 Å². The van der Waals surface area contributed by atoms with E-state index in [2.05, 4.69) is 22.9 Å². The third kappa shape index (κ3) is 3.45. The maximum Gasteiger partial charge on any atom is 0.272 e. The molecule has 1 heterocycles. The summed E-state index contributed by atoms with van der Waals surface area (Å²) in [5.74, 6) is 0. The average molecular weight is 273 g/mol. The summed E-state index contributed by atoms with van der Waals surface area (Å²) in [5.41, 5.74) is 2.18. The van der Waals surface area contributed by atoms with Crippen LogP contribution in [-0.2, 0) is 19.5 Å². The first-order valence-corrected chi connectivity index (χ1v) is 6.79. The quantitative estimate of drug-likeness (QED) is 0.623. The van der Waals surface area contributed by atoms with E-state index in [9.17, 15) is 10.1 Å². The Morgan fingerprint density at radius 2 is 2.05 bits per heavy atom. The van der Waals surface area contributed by atoms with Gasteiger partial charge in [-0.1, -0.05) is 25.1 Å². The lowest BCUT2D eigenvalue weighted by molar-refractivity contribution is -0.385. The predicted octanol–water partition coefficient (Wildman–Crippen LogP) is 2.75. The number of nitrogens with zero attached hydrogens (tertiary/aromatic N) is 2. The van der Waals surface area contributed by atoms with Crippen molar-refractivity contribution in [3.63, 3.8) is 0 Å². The van der Waals surface area contributed by atoms with Crippen molar-refractivity contribution in [3.8, 4) is 0 Å². The second-order valence-corrected chi connectivity index (χ2v) is 4.61. The summed E-state index contributed by atoms with van der Waals surface area (Å²) in [4.78, 5) is 10.7. The highest BCUT2D eigenvalue weighted by atomic mass is 16.6. The van der Waals surface area contributed by atoms with E-state index in [0.29, 0.717) is 6.42 Å². The van der Waals surface area contributed by atoms with Crippen LogP contribution in [0.4, 0.5) is 5.69 Å². The van der Waals surface area contributed by atoms with E-state index < -0.39 is 0 Å². The number of hydrogen-bond acceptors (Lipinski definition) is 3. The molecule has 5 heteroatoms. The van der Waals surface area contributed by atoms with Crippen LogP contribution >= 0.6 is 0 Å². The Balaban J connectivity index is 2.06. The van der Waals surface area contributed by atoms with E-state index >= 15 is 0 Å². The van der Waals surface area contributed by atoms with Gasteiger partial charge in [0, 0.05) is 36.6 Å². The fourth-order valence-corrected chi connectivity index (χ4v) is 2.22. The molecule has 0 bridgehead atoms. The van der Waals surface area contributed by atoms with Crippen molar-refractivity contribution in [2.45, 2.75) is 26.4 Å². The molecule has 106 valence electrons. The second-order valence-electron chi connectivity index (χ2n) is 4.61. The SMILES string of the molecule is CCNCc1cccn1CCc1ccccc1[N+](=O)[O-]. The van der Waals surface area contributed by atoms with Crippen molar-refractivity contribution >= 4 is 5.69 Å². The highest BCUT2D eigenvalue weighted by Gasteiger charge is 2.12. The molecular weight excluding hydrogens is 254 g/mol. The van der Waals surface area contributed by atoms with Crippen molar-refractivity contribution in [1.82, 2.24) is 9.88 Å². The minimum absolute atomic E-state index is 0.202. The summed E-state index contributed by atoms with van der Waals surface area (Å²) in [7, 11) is 0. The van der Waals surface area contributed by atoms with Gasteiger partial charge >= 0.3 is 0 Å². The van der Waals surface area contributed by atoms with Gasteiger partial charge in [0.15, 0.2) is 0 Å². The van der Waals surface area contributed by atoms with Gasteiger partial charge in [-0.25, -0.2) is 0 Å². The molecule has 1 aromatic carbocycles. The zero-order valence-electron chi connectivity index (χ0n) is 11.6. The van der Waals surface area contributed by atoms with Crippen molar-refractivity contribution in [1.29, 1.82) is 0 Å². The highest BCUT2D eigenvalue weighted by molar-refractivity contribution is 5.39. The second kappa shape index (κ2) is 6.86. The van der Waals surface area contributed by atoms with Gasteiger partial charge in [0.25, 0.3) is 5.69 Å². The molecule has 2 aromatic rings. The zero-order valence-corrected chi connectivity index (χ0v) is 11.6. The molecule has 0 saturated carbocycles. The van der Waals surface area contributed by atoms with E-state index in [1.807, 2.05) is 24.4 Å². The Morgan fingerprint density at radius 1 is 1.25 bits per heavy atom. The first kappa shape index (κ1) is 14.3. The van der Waals surface area contributed by atoms with Crippen LogP contribution in [0.2, 0.25) is 0 Å². The molecule has 0 aliphatic carbocycles. The van der Waals surface area contributed by atoms with E-state index in [0.717, 1.165) is 25.2 Å². The van der Waals surface area contributed by atoms with Gasteiger partial charge in [-0.15, -0.1) is 0 Å². The van der Waals surface area contributed by atoms with E-state index in [-0.39, 0.29) is 10.6 Å². The molecule has 0 amide bonds. The fourth-order valence-electron chi connectivity index (χ4n) is 2.22. The topological polar surface area (TPSA) is 60.1 Å². The number of nitro benzene ring substituents is 1. The molecule has 1 aromatic heterocycles. The lowest BCUT2D eigenvalue weighted by atomic mass is 10.1. The summed E-state index contributed by atoms with van der Waals surface area (Å²) in [5, 5.41) is 14.3. The lowest BCUT2D eigenvalue weighted by Gasteiger charge is -2.10. The number of nitro groups is 1. The molecule has 5 nitrogen and oxygen atoms in total. The number of hydrogen-bond donors (Lipinski definition) is 1. The van der Waals surface area contributed by atoms with Gasteiger partial charge in [0.1, 0.15) is 0 Å². The van der Waals surface area contributed by atoms with Crippen LogP contribution in [0.5, 0.6) is 0 Å². The molecule has 0 unspecified atom stereocenters. The van der Waals surface area contributed by atoms with E-state index in [1.54, 1.807) is 12.1 Å². The minimum Gasteiger partial charge on any atom is -0.350 e. The third-order valence-corrected chi connectivity index (χ3v) is 3.29. The molecule has 0 radical (unpaired) electrons. The number of aryl methyl sites for hydroxylation is 2. The Bertz CT molecular complexity index is 578. The molecule has 0 spiro atoms. The molecule has 0 fully saturated rings. The lowest BCUT2D eigenvalue weighted by Crippen LogP contribution is -2.15. The normalized spacial score (nSPS) is 10.7. The molecule has 20 heavy (non-hydrogen) atoms. The zero-order chi connectivity index (χ0) is 14.4. The smallest absolute Gasteiger partial charge is 0.272 e.